The molecule has 0 radical (unpaired) electrons. The SMILES string of the molecule is COc1ncc(-c2cc(-c3nnc(CN4CCOC(C)(C)C4)o3)c3cn[nH]c3c2)cc1CS(N)(=O)=O. The number of hydrogen-bond donors (Lipinski definition) is 2. The van der Waals surface area contributed by atoms with Crippen LogP contribution in [0.2, 0.25) is 0 Å². The fraction of sp³-hybridized carbons (Fsp3) is 0.391. The van der Waals surface area contributed by atoms with Gasteiger partial charge < -0.3 is 13.9 Å². The summed E-state index contributed by atoms with van der Waals surface area (Å²) in [5.41, 5.74) is 3.00. The molecular weight excluding hydrogens is 486 g/mol. The van der Waals surface area contributed by atoms with Crippen molar-refractivity contribution in [2.24, 2.45) is 5.14 Å². The van der Waals surface area contributed by atoms with Crippen molar-refractivity contribution >= 4 is 20.9 Å². The highest BCUT2D eigenvalue weighted by Crippen LogP contribution is 2.34. The molecular formula is C23H27N7O5S. The number of morpholine rings is 1. The Balaban J connectivity index is 1.50. The first-order valence-electron chi connectivity index (χ1n) is 11.3. The summed E-state index contributed by atoms with van der Waals surface area (Å²) >= 11 is 0. The number of aromatic nitrogens is 5. The second-order valence-electron chi connectivity index (χ2n) is 9.37. The van der Waals surface area contributed by atoms with Crippen LogP contribution in [0.3, 0.4) is 0 Å². The first-order valence-corrected chi connectivity index (χ1v) is 13.0. The first-order chi connectivity index (χ1) is 17.1. The lowest BCUT2D eigenvalue weighted by Gasteiger charge is -2.37. The topological polar surface area (TPSA) is 162 Å². The van der Waals surface area contributed by atoms with Crippen molar-refractivity contribution in [3.63, 3.8) is 0 Å². The maximum atomic E-state index is 11.7. The normalized spacial score (nSPS) is 16.4. The van der Waals surface area contributed by atoms with Gasteiger partial charge in [0.15, 0.2) is 0 Å². The Morgan fingerprint density at radius 1 is 1.19 bits per heavy atom. The molecule has 0 amide bonds. The molecule has 0 bridgehead atoms. The van der Waals surface area contributed by atoms with Gasteiger partial charge in [0.1, 0.15) is 0 Å². The Labute approximate surface area is 207 Å². The lowest BCUT2D eigenvalue weighted by atomic mass is 10.0. The molecule has 1 saturated heterocycles. The van der Waals surface area contributed by atoms with Gasteiger partial charge in [0.25, 0.3) is 0 Å². The van der Waals surface area contributed by atoms with E-state index in [4.69, 9.17) is 19.0 Å². The molecule has 36 heavy (non-hydrogen) atoms. The number of rotatable bonds is 7. The molecule has 3 aromatic heterocycles. The van der Waals surface area contributed by atoms with Crippen molar-refractivity contribution in [3.8, 4) is 28.5 Å². The van der Waals surface area contributed by atoms with Gasteiger partial charge in [0.05, 0.1) is 48.9 Å². The van der Waals surface area contributed by atoms with Gasteiger partial charge in [-0.2, -0.15) is 5.10 Å². The van der Waals surface area contributed by atoms with Gasteiger partial charge in [-0.15, -0.1) is 10.2 Å². The molecule has 0 atom stereocenters. The van der Waals surface area contributed by atoms with Crippen molar-refractivity contribution in [1.29, 1.82) is 0 Å². The maximum Gasteiger partial charge on any atom is 0.248 e. The summed E-state index contributed by atoms with van der Waals surface area (Å²) in [5, 5.41) is 21.8. The van der Waals surface area contributed by atoms with Gasteiger partial charge in [-0.25, -0.2) is 18.5 Å². The minimum absolute atomic E-state index is 0.198. The molecule has 13 heteroatoms. The average molecular weight is 514 g/mol. The Morgan fingerprint density at radius 3 is 2.78 bits per heavy atom. The van der Waals surface area contributed by atoms with Crippen molar-refractivity contribution < 1.29 is 22.3 Å². The van der Waals surface area contributed by atoms with Crippen LogP contribution in [0, 0.1) is 0 Å². The summed E-state index contributed by atoms with van der Waals surface area (Å²) in [7, 11) is -2.36. The highest BCUT2D eigenvalue weighted by molar-refractivity contribution is 7.88. The maximum absolute atomic E-state index is 11.7. The molecule has 4 aromatic rings. The molecule has 1 aliphatic heterocycles. The zero-order valence-electron chi connectivity index (χ0n) is 20.2. The van der Waals surface area contributed by atoms with Crippen LogP contribution in [-0.2, 0) is 27.1 Å². The number of aromatic amines is 1. The molecule has 12 nitrogen and oxygen atoms in total. The van der Waals surface area contributed by atoms with Crippen LogP contribution in [0.25, 0.3) is 33.5 Å². The lowest BCUT2D eigenvalue weighted by molar-refractivity contribution is -0.0897. The fourth-order valence-electron chi connectivity index (χ4n) is 4.42. The zero-order valence-corrected chi connectivity index (χ0v) is 21.0. The van der Waals surface area contributed by atoms with E-state index in [0.717, 1.165) is 29.6 Å². The van der Waals surface area contributed by atoms with E-state index in [0.29, 0.717) is 41.6 Å². The molecule has 4 heterocycles. The molecule has 1 aromatic carbocycles. The van der Waals surface area contributed by atoms with Gasteiger partial charge in [-0.1, -0.05) is 0 Å². The number of nitrogens with two attached hydrogens (primary N) is 1. The van der Waals surface area contributed by atoms with Crippen LogP contribution in [0.4, 0.5) is 0 Å². The van der Waals surface area contributed by atoms with Crippen LogP contribution >= 0.6 is 0 Å². The monoisotopic (exact) mass is 513 g/mol. The van der Waals surface area contributed by atoms with Crippen LogP contribution < -0.4 is 9.88 Å². The number of ether oxygens (including phenoxy) is 2. The van der Waals surface area contributed by atoms with Gasteiger partial charge >= 0.3 is 0 Å². The van der Waals surface area contributed by atoms with E-state index in [1.165, 1.54) is 7.11 Å². The fourth-order valence-corrected chi connectivity index (χ4v) is 5.06. The summed E-state index contributed by atoms with van der Waals surface area (Å²) in [6, 6.07) is 5.47. The predicted octanol–water partition coefficient (Wildman–Crippen LogP) is 2.08. The Kier molecular flexibility index (Phi) is 6.24. The minimum Gasteiger partial charge on any atom is -0.481 e. The summed E-state index contributed by atoms with van der Waals surface area (Å²) in [4.78, 5) is 6.50. The van der Waals surface area contributed by atoms with Crippen molar-refractivity contribution in [2.75, 3.05) is 26.8 Å². The number of sulfonamides is 1. The quantitative estimate of drug-likeness (QED) is 0.374. The molecule has 0 aliphatic carbocycles. The standard InChI is InChI=1S/C23H27N7O5S/c1-23(2)13-30(4-5-34-23)11-20-28-29-22(35-20)17-7-14(8-19-18(17)10-26-27-19)15-6-16(12-36(24,31)32)21(33-3)25-9-15/h6-10H,4-5,11-13H2,1-3H3,(H,26,27)(H2,24,31,32). The molecule has 1 fully saturated rings. The summed E-state index contributed by atoms with van der Waals surface area (Å²) in [5.74, 6) is 0.661. The minimum atomic E-state index is -3.78. The molecule has 0 unspecified atom stereocenters. The summed E-state index contributed by atoms with van der Waals surface area (Å²) < 4.78 is 40.5. The van der Waals surface area contributed by atoms with E-state index >= 15 is 0 Å². The Morgan fingerprint density at radius 2 is 2.03 bits per heavy atom. The number of methoxy groups -OCH3 is 1. The molecule has 190 valence electrons. The van der Waals surface area contributed by atoms with Crippen LogP contribution in [0.15, 0.2) is 35.0 Å². The smallest absolute Gasteiger partial charge is 0.248 e. The highest BCUT2D eigenvalue weighted by Gasteiger charge is 2.28. The second kappa shape index (κ2) is 9.24. The van der Waals surface area contributed by atoms with E-state index in [9.17, 15) is 8.42 Å². The lowest BCUT2D eigenvalue weighted by Crippen LogP contribution is -2.47. The third-order valence-corrected chi connectivity index (χ3v) is 6.64. The molecule has 5 rings (SSSR count). The molecule has 1 aliphatic rings. The molecule has 0 spiro atoms. The van der Waals surface area contributed by atoms with E-state index in [-0.39, 0.29) is 11.5 Å². The number of H-pyrrole nitrogens is 1. The van der Waals surface area contributed by atoms with Crippen molar-refractivity contribution in [2.45, 2.75) is 31.7 Å². The Bertz CT molecular complexity index is 1510. The van der Waals surface area contributed by atoms with E-state index in [1.807, 2.05) is 12.1 Å². The summed E-state index contributed by atoms with van der Waals surface area (Å²) in [6.45, 7) is 6.83. The van der Waals surface area contributed by atoms with Gasteiger partial charge in [0, 0.05) is 35.8 Å². The predicted molar refractivity (Wildman–Crippen MR) is 131 cm³/mol. The van der Waals surface area contributed by atoms with Crippen LogP contribution in [0.5, 0.6) is 5.88 Å². The average Bonchev–Trinajstić information content (AvgIpc) is 3.46. The molecule has 0 saturated carbocycles. The van der Waals surface area contributed by atoms with Crippen LogP contribution in [-0.4, -0.2) is 71.1 Å². The van der Waals surface area contributed by atoms with Crippen molar-refractivity contribution in [3.05, 3.63) is 42.0 Å². The number of fused-ring (bicyclic) bond motifs is 1. The zero-order chi connectivity index (χ0) is 25.5. The third kappa shape index (κ3) is 5.23. The van der Waals surface area contributed by atoms with E-state index < -0.39 is 15.8 Å². The number of pyridine rings is 1. The van der Waals surface area contributed by atoms with E-state index in [2.05, 4.69) is 44.1 Å². The highest BCUT2D eigenvalue weighted by atomic mass is 32.2. The molecule has 3 N–H and O–H groups in total. The number of hydrogen-bond acceptors (Lipinski definition) is 10. The van der Waals surface area contributed by atoms with Gasteiger partial charge in [-0.05, 0) is 37.6 Å². The number of benzene rings is 1. The van der Waals surface area contributed by atoms with Crippen molar-refractivity contribution in [1.82, 2.24) is 30.3 Å². The first kappa shape index (κ1) is 24.3. The largest absolute Gasteiger partial charge is 0.481 e. The summed E-state index contributed by atoms with van der Waals surface area (Å²) in [6.07, 6.45) is 3.30. The van der Waals surface area contributed by atoms with Crippen LogP contribution in [0.1, 0.15) is 25.3 Å². The third-order valence-electron chi connectivity index (χ3n) is 5.93. The number of primary sulfonamides is 1. The van der Waals surface area contributed by atoms with Gasteiger partial charge in [-0.3, -0.25) is 10.00 Å². The Hall–Kier alpha value is -3.39. The number of nitrogens with one attached hydrogen (secondary N) is 1. The van der Waals surface area contributed by atoms with Gasteiger partial charge in [0.2, 0.25) is 27.7 Å². The second-order valence-corrected chi connectivity index (χ2v) is 11.0. The van der Waals surface area contributed by atoms with E-state index in [1.54, 1.807) is 18.5 Å². The number of nitrogens with zero attached hydrogens (tertiary/aromatic N) is 5.